The first-order valence-electron chi connectivity index (χ1n) is 9.74. The number of carbonyl (C=O) groups excluding carboxylic acids is 4. The molecule has 0 fully saturated rings. The maximum Gasteiger partial charge on any atom is 0.513 e. The molecule has 0 radical (unpaired) electrons. The molecule has 0 saturated heterocycles. The van der Waals surface area contributed by atoms with E-state index in [1.807, 2.05) is 0 Å². The number of Topliss-reactive ketones (excluding diaryl/α,β-unsaturated/α-hetero) is 2. The summed E-state index contributed by atoms with van der Waals surface area (Å²) in [4.78, 5) is 44.9. The van der Waals surface area contributed by atoms with Crippen LogP contribution >= 0.6 is 0 Å². The fraction of sp³-hybridized carbons (Fsp3) is 0.273. The van der Waals surface area contributed by atoms with E-state index < -0.39 is 35.3 Å². The number of phenols is 4. The lowest BCUT2D eigenvalue weighted by molar-refractivity contribution is 0.0935. The molecule has 0 atom stereocenters. The third kappa shape index (κ3) is 7.89. The predicted octanol–water partition coefficient (Wildman–Crippen LogP) is 3.67. The highest BCUT2D eigenvalue weighted by Gasteiger charge is 2.20. The van der Waals surface area contributed by atoms with Crippen molar-refractivity contribution in [2.24, 2.45) is 0 Å². The van der Waals surface area contributed by atoms with E-state index in [9.17, 15) is 24.3 Å². The molecule has 0 unspecified atom stereocenters. The summed E-state index contributed by atoms with van der Waals surface area (Å²) in [7, 11) is 0. The van der Waals surface area contributed by atoms with Crippen LogP contribution < -0.4 is 9.47 Å². The fourth-order valence-electron chi connectivity index (χ4n) is 2.31. The van der Waals surface area contributed by atoms with Crippen molar-refractivity contribution in [3.8, 4) is 34.5 Å². The second-order valence-electron chi connectivity index (χ2n) is 6.36. The smallest absolute Gasteiger partial charge is 0.507 e. The number of ketones is 2. The molecule has 2 aromatic carbocycles. The molecule has 0 saturated carbocycles. The summed E-state index contributed by atoms with van der Waals surface area (Å²) >= 11 is 0. The van der Waals surface area contributed by atoms with Crippen LogP contribution in [0.4, 0.5) is 9.59 Å². The lowest BCUT2D eigenvalue weighted by Crippen LogP contribution is -2.14. The van der Waals surface area contributed by atoms with Gasteiger partial charge in [0.25, 0.3) is 0 Å². The molecule has 12 nitrogen and oxygen atoms in total. The normalized spacial score (nSPS) is 9.76. The number of hydrogen-bond acceptors (Lipinski definition) is 12. The molecule has 34 heavy (non-hydrogen) atoms. The summed E-state index contributed by atoms with van der Waals surface area (Å²) < 4.78 is 18.9. The average molecular weight is 480 g/mol. The van der Waals surface area contributed by atoms with E-state index in [4.69, 9.17) is 24.8 Å². The third-order valence-electron chi connectivity index (χ3n) is 3.82. The minimum absolute atomic E-state index is 0.00898. The Balaban J connectivity index is 0.000000404. The highest BCUT2D eigenvalue weighted by atomic mass is 16.7. The van der Waals surface area contributed by atoms with Crippen molar-refractivity contribution in [3.05, 3.63) is 35.4 Å². The van der Waals surface area contributed by atoms with Gasteiger partial charge in [0.05, 0.1) is 24.3 Å². The Kier molecular flexibility index (Phi) is 10.2. The van der Waals surface area contributed by atoms with Crippen LogP contribution in [0.2, 0.25) is 0 Å². The molecule has 12 heteroatoms. The summed E-state index contributed by atoms with van der Waals surface area (Å²) in [5.74, 6) is -3.00. The van der Waals surface area contributed by atoms with E-state index in [0.717, 1.165) is 24.3 Å². The Morgan fingerprint density at radius 3 is 1.44 bits per heavy atom. The number of aromatic hydroxyl groups is 4. The van der Waals surface area contributed by atoms with Crippen LogP contribution in [-0.4, -0.2) is 57.5 Å². The summed E-state index contributed by atoms with van der Waals surface area (Å²) in [6, 6.07) is 3.99. The number of phenolic OH excluding ortho intramolecular Hbond substituents is 4. The zero-order valence-corrected chi connectivity index (χ0v) is 18.8. The summed E-state index contributed by atoms with van der Waals surface area (Å²) in [5.41, 5.74) is -0.110. The van der Waals surface area contributed by atoms with Gasteiger partial charge in [0.1, 0.15) is 11.5 Å². The number of rotatable bonds is 6. The van der Waals surface area contributed by atoms with Crippen molar-refractivity contribution in [1.29, 1.82) is 0 Å². The lowest BCUT2D eigenvalue weighted by atomic mass is 10.1. The van der Waals surface area contributed by atoms with Crippen LogP contribution in [0.1, 0.15) is 48.4 Å². The Bertz CT molecular complexity index is 1070. The van der Waals surface area contributed by atoms with Gasteiger partial charge < -0.3 is 39.4 Å². The Labute approximate surface area is 193 Å². The van der Waals surface area contributed by atoms with Gasteiger partial charge in [-0.05, 0) is 39.8 Å². The van der Waals surface area contributed by atoms with Gasteiger partial charge in [0.2, 0.25) is 0 Å². The Hall–Kier alpha value is -4.48. The highest BCUT2D eigenvalue weighted by Crippen LogP contribution is 2.35. The molecule has 0 aromatic heterocycles. The second kappa shape index (κ2) is 12.5. The first-order valence-corrected chi connectivity index (χ1v) is 9.74. The first kappa shape index (κ1) is 27.6. The highest BCUT2D eigenvalue weighted by molar-refractivity contribution is 5.98. The van der Waals surface area contributed by atoms with Gasteiger partial charge in [-0.25, -0.2) is 9.59 Å². The Morgan fingerprint density at radius 1 is 0.618 bits per heavy atom. The van der Waals surface area contributed by atoms with E-state index >= 15 is 0 Å². The second-order valence-corrected chi connectivity index (χ2v) is 6.36. The molecule has 4 N–H and O–H groups in total. The molecule has 2 rings (SSSR count). The topological polar surface area (TPSA) is 186 Å². The van der Waals surface area contributed by atoms with Crippen molar-refractivity contribution < 1.29 is 58.6 Å². The molecule has 0 heterocycles. The zero-order chi connectivity index (χ0) is 26.0. The molecule has 0 bridgehead atoms. The zero-order valence-electron chi connectivity index (χ0n) is 18.8. The number of hydrogen-bond donors (Lipinski definition) is 4. The third-order valence-corrected chi connectivity index (χ3v) is 3.82. The first-order chi connectivity index (χ1) is 15.9. The molecule has 0 amide bonds. The van der Waals surface area contributed by atoms with Gasteiger partial charge in [-0.15, -0.1) is 0 Å². The number of ether oxygens (including phenoxy) is 4. The average Bonchev–Trinajstić information content (AvgIpc) is 2.73. The molecule has 0 aliphatic heterocycles. The SMILES string of the molecule is CC(=O)c1cc(O)c(O)cc1O.CCOC(=O)Oc1cc(O)c(C(C)=O)cc1OC(=O)OCC. The number of carbonyl (C=O) groups is 4. The summed E-state index contributed by atoms with van der Waals surface area (Å²) in [5, 5.41) is 36.7. The quantitative estimate of drug-likeness (QED) is 0.155. The van der Waals surface area contributed by atoms with Crippen LogP contribution in [0.15, 0.2) is 24.3 Å². The van der Waals surface area contributed by atoms with Crippen LogP contribution in [-0.2, 0) is 9.47 Å². The van der Waals surface area contributed by atoms with Gasteiger partial charge in [0, 0.05) is 12.1 Å². The lowest BCUT2D eigenvalue weighted by Gasteiger charge is -2.12. The monoisotopic (exact) mass is 480 g/mol. The summed E-state index contributed by atoms with van der Waals surface area (Å²) in [6.45, 7) is 5.78. The standard InChI is InChI=1S/C14H16O8.C8H8O4/c1-4-19-13(17)21-11-6-9(8(3)15)10(16)7-12(11)22-14(18)20-5-2;1-4(9)5-2-7(11)8(12)3-6(5)10/h6-7,16H,4-5H2,1-3H3;2-3,10-12H,1H3. The minimum Gasteiger partial charge on any atom is -0.507 e. The van der Waals surface area contributed by atoms with E-state index in [0.29, 0.717) is 0 Å². The predicted molar refractivity (Wildman–Crippen MR) is 115 cm³/mol. The molecule has 0 spiro atoms. The van der Waals surface area contributed by atoms with E-state index in [1.165, 1.54) is 13.8 Å². The Morgan fingerprint density at radius 2 is 1.00 bits per heavy atom. The molecule has 184 valence electrons. The van der Waals surface area contributed by atoms with Crippen molar-refractivity contribution in [1.82, 2.24) is 0 Å². The fourth-order valence-corrected chi connectivity index (χ4v) is 2.31. The largest absolute Gasteiger partial charge is 0.513 e. The van der Waals surface area contributed by atoms with Crippen molar-refractivity contribution in [2.45, 2.75) is 27.7 Å². The van der Waals surface area contributed by atoms with Gasteiger partial charge >= 0.3 is 12.3 Å². The van der Waals surface area contributed by atoms with E-state index in [2.05, 4.69) is 9.47 Å². The van der Waals surface area contributed by atoms with Gasteiger partial charge in [0.15, 0.2) is 34.6 Å². The maximum absolute atomic E-state index is 11.4. The molecular weight excluding hydrogens is 456 g/mol. The maximum atomic E-state index is 11.4. The van der Waals surface area contributed by atoms with Crippen molar-refractivity contribution >= 4 is 23.9 Å². The van der Waals surface area contributed by atoms with Crippen molar-refractivity contribution in [3.63, 3.8) is 0 Å². The van der Waals surface area contributed by atoms with Crippen LogP contribution in [0.25, 0.3) is 0 Å². The van der Waals surface area contributed by atoms with Gasteiger partial charge in [-0.3, -0.25) is 9.59 Å². The number of benzene rings is 2. The van der Waals surface area contributed by atoms with Gasteiger partial charge in [-0.2, -0.15) is 0 Å². The molecule has 0 aliphatic rings. The van der Waals surface area contributed by atoms with Crippen LogP contribution in [0.5, 0.6) is 34.5 Å². The van der Waals surface area contributed by atoms with Crippen molar-refractivity contribution in [2.75, 3.05) is 13.2 Å². The van der Waals surface area contributed by atoms with E-state index in [-0.39, 0.29) is 47.4 Å². The molecule has 0 aliphatic carbocycles. The summed E-state index contributed by atoms with van der Waals surface area (Å²) in [6.07, 6.45) is -2.09. The van der Waals surface area contributed by atoms with Crippen LogP contribution in [0.3, 0.4) is 0 Å². The molecular formula is C22H24O12. The van der Waals surface area contributed by atoms with Gasteiger partial charge in [-0.1, -0.05) is 0 Å². The van der Waals surface area contributed by atoms with Crippen LogP contribution in [0, 0.1) is 0 Å². The van der Waals surface area contributed by atoms with E-state index in [1.54, 1.807) is 13.8 Å². The molecule has 2 aromatic rings. The minimum atomic E-state index is -1.05.